The number of carbonyl (C=O) groups excluding carboxylic acids is 1. The number of aryl methyl sites for hydroxylation is 1. The summed E-state index contributed by atoms with van der Waals surface area (Å²) in [5.41, 5.74) is 1.70. The molecule has 5 nitrogen and oxygen atoms in total. The van der Waals surface area contributed by atoms with E-state index in [1.165, 1.54) is 12.1 Å². The van der Waals surface area contributed by atoms with Crippen LogP contribution in [0.15, 0.2) is 30.6 Å². The number of benzene rings is 1. The molecule has 1 aromatic carbocycles. The highest BCUT2D eigenvalue weighted by Crippen LogP contribution is 2.25. The summed E-state index contributed by atoms with van der Waals surface area (Å²) < 4.78 is 15.6. The Morgan fingerprint density at radius 1 is 1.50 bits per heavy atom. The standard InChI is InChI=1S/C15H14ClFN4O/c1-8(9-6-18-21(2)7-9)19-15(22)13-5-10-12(20-13)4-3-11(16)14(10)17/h3-8,20H,1-2H3,(H,19,22). The Labute approximate surface area is 131 Å². The molecule has 1 atom stereocenters. The Hall–Kier alpha value is -2.34. The number of nitrogens with one attached hydrogen (secondary N) is 2. The maximum absolute atomic E-state index is 13.9. The van der Waals surface area contributed by atoms with E-state index in [4.69, 9.17) is 11.6 Å². The highest BCUT2D eigenvalue weighted by Gasteiger charge is 2.16. The van der Waals surface area contributed by atoms with Crippen molar-refractivity contribution in [3.63, 3.8) is 0 Å². The van der Waals surface area contributed by atoms with Gasteiger partial charge < -0.3 is 10.3 Å². The number of carbonyl (C=O) groups is 1. The van der Waals surface area contributed by atoms with Crippen molar-refractivity contribution in [1.82, 2.24) is 20.1 Å². The number of aromatic nitrogens is 3. The summed E-state index contributed by atoms with van der Waals surface area (Å²) in [6.45, 7) is 1.86. The molecule has 0 bridgehead atoms. The van der Waals surface area contributed by atoms with Gasteiger partial charge in [-0.25, -0.2) is 4.39 Å². The lowest BCUT2D eigenvalue weighted by Gasteiger charge is -2.10. The Morgan fingerprint density at radius 3 is 2.95 bits per heavy atom. The summed E-state index contributed by atoms with van der Waals surface area (Å²) in [7, 11) is 1.81. The van der Waals surface area contributed by atoms with Crippen LogP contribution in [0.2, 0.25) is 5.02 Å². The number of rotatable bonds is 3. The quantitative estimate of drug-likeness (QED) is 0.778. The zero-order chi connectivity index (χ0) is 15.9. The molecular formula is C15H14ClFN4O. The van der Waals surface area contributed by atoms with Crippen LogP contribution in [0.25, 0.3) is 10.9 Å². The van der Waals surface area contributed by atoms with Gasteiger partial charge in [0, 0.05) is 29.7 Å². The number of fused-ring (bicyclic) bond motifs is 1. The molecule has 3 aromatic rings. The van der Waals surface area contributed by atoms with Crippen molar-refractivity contribution in [2.75, 3.05) is 0 Å². The normalized spacial score (nSPS) is 12.5. The average Bonchev–Trinajstić information content (AvgIpc) is 3.09. The average molecular weight is 321 g/mol. The maximum Gasteiger partial charge on any atom is 0.268 e. The van der Waals surface area contributed by atoms with Crippen LogP contribution in [0, 0.1) is 5.82 Å². The van der Waals surface area contributed by atoms with E-state index in [1.54, 1.807) is 16.9 Å². The number of halogens is 2. The van der Waals surface area contributed by atoms with Gasteiger partial charge in [-0.15, -0.1) is 0 Å². The fourth-order valence-corrected chi connectivity index (χ4v) is 2.45. The summed E-state index contributed by atoms with van der Waals surface area (Å²) in [4.78, 5) is 15.2. The van der Waals surface area contributed by atoms with Crippen molar-refractivity contribution >= 4 is 28.4 Å². The summed E-state index contributed by atoms with van der Waals surface area (Å²) >= 11 is 5.74. The number of hydrogen-bond acceptors (Lipinski definition) is 2. The van der Waals surface area contributed by atoms with Gasteiger partial charge >= 0.3 is 0 Å². The van der Waals surface area contributed by atoms with Gasteiger partial charge in [-0.05, 0) is 25.1 Å². The Balaban J connectivity index is 1.84. The second-order valence-electron chi connectivity index (χ2n) is 5.15. The molecule has 22 heavy (non-hydrogen) atoms. The third-order valence-corrected chi connectivity index (χ3v) is 3.80. The van der Waals surface area contributed by atoms with Crippen LogP contribution in [0.3, 0.4) is 0 Å². The maximum atomic E-state index is 13.9. The van der Waals surface area contributed by atoms with Crippen molar-refractivity contribution < 1.29 is 9.18 Å². The van der Waals surface area contributed by atoms with Gasteiger partial charge in [0.1, 0.15) is 5.69 Å². The molecule has 2 aromatic heterocycles. The van der Waals surface area contributed by atoms with E-state index in [2.05, 4.69) is 15.4 Å². The largest absolute Gasteiger partial charge is 0.350 e. The van der Waals surface area contributed by atoms with Gasteiger partial charge in [-0.3, -0.25) is 9.48 Å². The van der Waals surface area contributed by atoms with Gasteiger partial charge in [0.15, 0.2) is 5.82 Å². The van der Waals surface area contributed by atoms with E-state index in [0.717, 1.165) is 5.56 Å². The zero-order valence-electron chi connectivity index (χ0n) is 12.0. The van der Waals surface area contributed by atoms with Crippen LogP contribution in [0.1, 0.15) is 29.0 Å². The van der Waals surface area contributed by atoms with Gasteiger partial charge in [-0.1, -0.05) is 11.6 Å². The zero-order valence-corrected chi connectivity index (χ0v) is 12.8. The molecule has 3 rings (SSSR count). The first kappa shape index (κ1) is 14.6. The van der Waals surface area contributed by atoms with Gasteiger partial charge in [-0.2, -0.15) is 5.10 Å². The van der Waals surface area contributed by atoms with Crippen molar-refractivity contribution in [1.29, 1.82) is 0 Å². The van der Waals surface area contributed by atoms with Crippen molar-refractivity contribution in [2.24, 2.45) is 7.05 Å². The molecule has 2 heterocycles. The first-order valence-corrected chi connectivity index (χ1v) is 7.09. The molecule has 0 aliphatic heterocycles. The van der Waals surface area contributed by atoms with Crippen molar-refractivity contribution in [3.8, 4) is 0 Å². The number of H-pyrrole nitrogens is 1. The molecular weight excluding hydrogens is 307 g/mol. The topological polar surface area (TPSA) is 62.7 Å². The van der Waals surface area contributed by atoms with Crippen LogP contribution >= 0.6 is 11.6 Å². The molecule has 0 aliphatic carbocycles. The van der Waals surface area contributed by atoms with Crippen LogP contribution in [-0.2, 0) is 7.05 Å². The molecule has 0 fully saturated rings. The second-order valence-corrected chi connectivity index (χ2v) is 5.56. The highest BCUT2D eigenvalue weighted by molar-refractivity contribution is 6.31. The molecule has 1 unspecified atom stereocenters. The molecule has 1 amide bonds. The Morgan fingerprint density at radius 2 is 2.27 bits per heavy atom. The molecule has 0 saturated carbocycles. The third kappa shape index (κ3) is 2.57. The first-order valence-electron chi connectivity index (χ1n) is 6.72. The molecule has 114 valence electrons. The smallest absolute Gasteiger partial charge is 0.268 e. The van der Waals surface area contributed by atoms with E-state index >= 15 is 0 Å². The molecule has 0 spiro atoms. The van der Waals surface area contributed by atoms with Crippen molar-refractivity contribution in [2.45, 2.75) is 13.0 Å². The Kier molecular flexibility index (Phi) is 3.62. The SMILES string of the molecule is CC(NC(=O)c1cc2c(F)c(Cl)ccc2[nH]1)c1cnn(C)c1. The van der Waals surface area contributed by atoms with Gasteiger partial charge in [0.25, 0.3) is 5.91 Å². The second kappa shape index (κ2) is 5.46. The third-order valence-electron chi connectivity index (χ3n) is 3.51. The predicted octanol–water partition coefficient (Wildman–Crippen LogP) is 3.18. The van der Waals surface area contributed by atoms with E-state index in [1.807, 2.05) is 20.2 Å². The Bertz CT molecular complexity index is 854. The summed E-state index contributed by atoms with van der Waals surface area (Å²) in [6, 6.07) is 4.35. The molecule has 2 N–H and O–H groups in total. The number of nitrogens with zero attached hydrogens (tertiary/aromatic N) is 2. The lowest BCUT2D eigenvalue weighted by atomic mass is 10.2. The molecule has 0 aliphatic rings. The molecule has 0 radical (unpaired) electrons. The minimum atomic E-state index is -0.533. The monoisotopic (exact) mass is 320 g/mol. The summed E-state index contributed by atoms with van der Waals surface area (Å²) in [6.07, 6.45) is 3.52. The lowest BCUT2D eigenvalue weighted by molar-refractivity contribution is 0.0935. The van der Waals surface area contributed by atoms with Crippen LogP contribution in [0.5, 0.6) is 0 Å². The first-order chi connectivity index (χ1) is 10.5. The fourth-order valence-electron chi connectivity index (χ4n) is 2.29. The summed E-state index contributed by atoms with van der Waals surface area (Å²) in [5, 5.41) is 7.24. The summed E-state index contributed by atoms with van der Waals surface area (Å²) in [5.74, 6) is -0.849. The van der Waals surface area contributed by atoms with Crippen LogP contribution < -0.4 is 5.32 Å². The predicted molar refractivity (Wildman–Crippen MR) is 82.4 cm³/mol. The molecule has 7 heteroatoms. The van der Waals surface area contributed by atoms with Gasteiger partial charge in [0.05, 0.1) is 17.3 Å². The van der Waals surface area contributed by atoms with Crippen LogP contribution in [0.4, 0.5) is 4.39 Å². The van der Waals surface area contributed by atoms with Crippen LogP contribution in [-0.4, -0.2) is 20.7 Å². The van der Waals surface area contributed by atoms with E-state index in [0.29, 0.717) is 10.9 Å². The minimum absolute atomic E-state index is 0.0298. The lowest BCUT2D eigenvalue weighted by Crippen LogP contribution is -2.26. The van der Waals surface area contributed by atoms with E-state index in [-0.39, 0.29) is 22.7 Å². The van der Waals surface area contributed by atoms with Gasteiger partial charge in [0.2, 0.25) is 0 Å². The number of aromatic amines is 1. The molecule has 0 saturated heterocycles. The minimum Gasteiger partial charge on any atom is -0.350 e. The highest BCUT2D eigenvalue weighted by atomic mass is 35.5. The fraction of sp³-hybridized carbons (Fsp3) is 0.200. The number of amides is 1. The van der Waals surface area contributed by atoms with Crippen molar-refractivity contribution in [3.05, 3.63) is 52.7 Å². The van der Waals surface area contributed by atoms with E-state index < -0.39 is 5.82 Å². The number of hydrogen-bond donors (Lipinski definition) is 2. The van der Waals surface area contributed by atoms with E-state index in [9.17, 15) is 9.18 Å².